The van der Waals surface area contributed by atoms with Crippen LogP contribution in [0.4, 0.5) is 11.5 Å². The Morgan fingerprint density at radius 1 is 1.53 bits per heavy atom. The Morgan fingerprint density at radius 2 is 2.32 bits per heavy atom. The van der Waals surface area contributed by atoms with Gasteiger partial charge in [-0.1, -0.05) is 18.0 Å². The van der Waals surface area contributed by atoms with Crippen molar-refractivity contribution in [2.24, 2.45) is 5.92 Å². The van der Waals surface area contributed by atoms with Crippen LogP contribution in [0.15, 0.2) is 12.1 Å². The zero-order valence-electron chi connectivity index (χ0n) is 10.4. The maximum atomic E-state index is 10.7. The molecule has 0 amide bonds. The molecule has 2 N–H and O–H groups in total. The molecular formula is C12H16ClN3O3. The Hall–Kier alpha value is -1.40. The number of rotatable bonds is 4. The summed E-state index contributed by atoms with van der Waals surface area (Å²) < 4.78 is 0. The van der Waals surface area contributed by atoms with Crippen LogP contribution >= 0.6 is 11.6 Å². The van der Waals surface area contributed by atoms with Crippen LogP contribution in [-0.2, 0) is 0 Å². The summed E-state index contributed by atoms with van der Waals surface area (Å²) in [5.41, 5.74) is -0.0776. The van der Waals surface area contributed by atoms with E-state index in [0.29, 0.717) is 18.3 Å². The summed E-state index contributed by atoms with van der Waals surface area (Å²) in [6.45, 7) is 0.640. The maximum absolute atomic E-state index is 10.7. The van der Waals surface area contributed by atoms with Crippen molar-refractivity contribution in [3.8, 4) is 0 Å². The number of pyridine rings is 1. The first-order chi connectivity index (χ1) is 9.04. The molecule has 6 nitrogen and oxygen atoms in total. The fourth-order valence-corrected chi connectivity index (χ4v) is 2.58. The van der Waals surface area contributed by atoms with Crippen molar-refractivity contribution in [3.63, 3.8) is 0 Å². The van der Waals surface area contributed by atoms with E-state index in [1.807, 2.05) is 0 Å². The third-order valence-electron chi connectivity index (χ3n) is 3.32. The second-order valence-electron chi connectivity index (χ2n) is 4.86. The standard InChI is InChI=1S/C12H16ClN3O3/c13-11-5-9(16(18)19)6-12(15-11)14-7-8-2-1-3-10(17)4-8/h5-6,8,10,17H,1-4,7H2,(H,14,15). The molecule has 1 fully saturated rings. The van der Waals surface area contributed by atoms with Crippen molar-refractivity contribution < 1.29 is 10.0 Å². The van der Waals surface area contributed by atoms with Crippen LogP contribution < -0.4 is 5.32 Å². The minimum Gasteiger partial charge on any atom is -0.393 e. The number of hydrogen-bond acceptors (Lipinski definition) is 5. The highest BCUT2D eigenvalue weighted by Crippen LogP contribution is 2.25. The first kappa shape index (κ1) is 14.0. The summed E-state index contributed by atoms with van der Waals surface area (Å²) >= 11 is 5.74. The summed E-state index contributed by atoms with van der Waals surface area (Å²) in [5.74, 6) is 0.767. The van der Waals surface area contributed by atoms with E-state index >= 15 is 0 Å². The van der Waals surface area contributed by atoms with Crippen molar-refractivity contribution in [1.29, 1.82) is 0 Å². The SMILES string of the molecule is O=[N+]([O-])c1cc(Cl)nc(NCC2CCCC(O)C2)c1. The first-order valence-electron chi connectivity index (χ1n) is 6.28. The molecule has 104 valence electrons. The monoisotopic (exact) mass is 285 g/mol. The molecule has 1 saturated carbocycles. The Morgan fingerprint density at radius 3 is 3.00 bits per heavy atom. The van der Waals surface area contributed by atoms with E-state index in [1.165, 1.54) is 12.1 Å². The molecule has 7 heteroatoms. The van der Waals surface area contributed by atoms with E-state index in [4.69, 9.17) is 11.6 Å². The van der Waals surface area contributed by atoms with Gasteiger partial charge in [0.2, 0.25) is 0 Å². The second-order valence-corrected chi connectivity index (χ2v) is 5.25. The number of aliphatic hydroxyl groups excluding tert-OH is 1. The lowest BCUT2D eigenvalue weighted by Crippen LogP contribution is -2.25. The van der Waals surface area contributed by atoms with Crippen LogP contribution in [0.2, 0.25) is 5.15 Å². The number of nitro groups is 1. The number of anilines is 1. The van der Waals surface area contributed by atoms with Gasteiger partial charge in [-0.25, -0.2) is 4.98 Å². The van der Waals surface area contributed by atoms with Gasteiger partial charge in [-0.2, -0.15) is 0 Å². The van der Waals surface area contributed by atoms with Gasteiger partial charge in [-0.15, -0.1) is 0 Å². The molecule has 0 bridgehead atoms. The fraction of sp³-hybridized carbons (Fsp3) is 0.583. The highest BCUT2D eigenvalue weighted by atomic mass is 35.5. The molecular weight excluding hydrogens is 270 g/mol. The highest BCUT2D eigenvalue weighted by molar-refractivity contribution is 6.29. The van der Waals surface area contributed by atoms with Gasteiger partial charge < -0.3 is 10.4 Å². The summed E-state index contributed by atoms with van der Waals surface area (Å²) in [6.07, 6.45) is 3.44. The molecule has 0 spiro atoms. The van der Waals surface area contributed by atoms with Crippen molar-refractivity contribution in [2.75, 3.05) is 11.9 Å². The topological polar surface area (TPSA) is 88.3 Å². The molecule has 0 saturated heterocycles. The van der Waals surface area contributed by atoms with Crippen molar-refractivity contribution in [3.05, 3.63) is 27.4 Å². The molecule has 1 aliphatic rings. The largest absolute Gasteiger partial charge is 0.393 e. The molecule has 19 heavy (non-hydrogen) atoms. The normalized spacial score (nSPS) is 23.1. The number of aliphatic hydroxyl groups is 1. The summed E-state index contributed by atoms with van der Waals surface area (Å²) in [5, 5.41) is 23.5. The summed E-state index contributed by atoms with van der Waals surface area (Å²) in [7, 11) is 0. The van der Waals surface area contributed by atoms with Crippen molar-refractivity contribution >= 4 is 23.1 Å². The number of aromatic nitrogens is 1. The lowest BCUT2D eigenvalue weighted by Gasteiger charge is -2.26. The Balaban J connectivity index is 1.97. The molecule has 2 atom stereocenters. The van der Waals surface area contributed by atoms with E-state index in [0.717, 1.165) is 25.7 Å². The average molecular weight is 286 g/mol. The van der Waals surface area contributed by atoms with Gasteiger partial charge in [0, 0.05) is 6.54 Å². The predicted molar refractivity (Wildman–Crippen MR) is 72.4 cm³/mol. The third-order valence-corrected chi connectivity index (χ3v) is 3.51. The lowest BCUT2D eigenvalue weighted by atomic mass is 9.87. The van der Waals surface area contributed by atoms with Crippen molar-refractivity contribution in [2.45, 2.75) is 31.8 Å². The quantitative estimate of drug-likeness (QED) is 0.504. The predicted octanol–water partition coefficient (Wildman–Crippen LogP) is 2.61. The van der Waals surface area contributed by atoms with E-state index in [-0.39, 0.29) is 16.9 Å². The minimum atomic E-state index is -0.497. The lowest BCUT2D eigenvalue weighted by molar-refractivity contribution is -0.384. The maximum Gasteiger partial charge on any atom is 0.276 e. The van der Waals surface area contributed by atoms with E-state index < -0.39 is 4.92 Å². The van der Waals surface area contributed by atoms with Gasteiger partial charge in [0.25, 0.3) is 5.69 Å². The smallest absolute Gasteiger partial charge is 0.276 e. The molecule has 2 unspecified atom stereocenters. The van der Waals surface area contributed by atoms with E-state index in [2.05, 4.69) is 10.3 Å². The molecule has 1 aromatic heterocycles. The Labute approximate surface area is 116 Å². The third kappa shape index (κ3) is 4.04. The number of halogens is 1. The molecule has 1 aromatic rings. The van der Waals surface area contributed by atoms with Gasteiger partial charge in [0.1, 0.15) is 11.0 Å². The van der Waals surface area contributed by atoms with Crippen LogP contribution in [-0.4, -0.2) is 27.7 Å². The summed E-state index contributed by atoms with van der Waals surface area (Å²) in [6, 6.07) is 2.59. The molecule has 0 aliphatic heterocycles. The molecule has 0 aromatic carbocycles. The second kappa shape index (κ2) is 6.16. The highest BCUT2D eigenvalue weighted by Gasteiger charge is 2.20. The van der Waals surface area contributed by atoms with Gasteiger partial charge in [-0.05, 0) is 25.2 Å². The molecule has 1 aliphatic carbocycles. The number of nitrogens with one attached hydrogen (secondary N) is 1. The Kier molecular flexibility index (Phi) is 4.55. The number of nitrogens with zero attached hydrogens (tertiary/aromatic N) is 2. The van der Waals surface area contributed by atoms with Crippen LogP contribution in [0.5, 0.6) is 0 Å². The zero-order chi connectivity index (χ0) is 13.8. The zero-order valence-corrected chi connectivity index (χ0v) is 11.1. The molecule has 1 heterocycles. The Bertz CT molecular complexity index is 470. The van der Waals surface area contributed by atoms with Gasteiger partial charge in [0.05, 0.1) is 23.2 Å². The van der Waals surface area contributed by atoms with E-state index in [9.17, 15) is 15.2 Å². The molecule has 0 radical (unpaired) electrons. The van der Waals surface area contributed by atoms with Gasteiger partial charge >= 0.3 is 0 Å². The van der Waals surface area contributed by atoms with Gasteiger partial charge in [0.15, 0.2) is 0 Å². The summed E-state index contributed by atoms with van der Waals surface area (Å²) in [4.78, 5) is 14.2. The van der Waals surface area contributed by atoms with Gasteiger partial charge in [-0.3, -0.25) is 10.1 Å². The van der Waals surface area contributed by atoms with E-state index in [1.54, 1.807) is 0 Å². The van der Waals surface area contributed by atoms with Crippen LogP contribution in [0.25, 0.3) is 0 Å². The fourth-order valence-electron chi connectivity index (χ4n) is 2.38. The number of hydrogen-bond donors (Lipinski definition) is 2. The van der Waals surface area contributed by atoms with Crippen molar-refractivity contribution in [1.82, 2.24) is 4.98 Å². The van der Waals surface area contributed by atoms with Crippen LogP contribution in [0.1, 0.15) is 25.7 Å². The average Bonchev–Trinajstić information content (AvgIpc) is 2.36. The first-order valence-corrected chi connectivity index (χ1v) is 6.66. The molecule has 2 rings (SSSR count). The minimum absolute atomic E-state index is 0.0776. The van der Waals surface area contributed by atoms with Crippen LogP contribution in [0, 0.1) is 16.0 Å². The van der Waals surface area contributed by atoms with Crippen LogP contribution in [0.3, 0.4) is 0 Å².